The Bertz CT molecular complexity index is 1010. The topological polar surface area (TPSA) is 56.1 Å². The van der Waals surface area contributed by atoms with Gasteiger partial charge < -0.3 is 14.6 Å². The zero-order valence-corrected chi connectivity index (χ0v) is 16.0. The van der Waals surface area contributed by atoms with E-state index in [1.807, 2.05) is 42.0 Å². The molecule has 0 saturated carbocycles. The van der Waals surface area contributed by atoms with E-state index in [0.29, 0.717) is 16.3 Å². The number of rotatable bonds is 4. The summed E-state index contributed by atoms with van der Waals surface area (Å²) >= 11 is 6.12. The monoisotopic (exact) mass is 381 g/mol. The second-order valence-electron chi connectivity index (χ2n) is 6.72. The number of nitrogens with one attached hydrogen (secondary N) is 1. The minimum absolute atomic E-state index is 0.0202. The highest BCUT2D eigenvalue weighted by molar-refractivity contribution is 6.30. The standard InChI is InChI=1S/C21H20ClN3O2/c1-13-11-25(12-23-13)19-8-5-15(9-20(19)27-2)21(26)24-18-7-4-14-3-6-16(22)10-17(14)18/h3,5-6,8-12,18H,4,7H2,1-2H3,(H,24,26). The molecule has 0 radical (unpaired) electrons. The van der Waals surface area contributed by atoms with Gasteiger partial charge in [-0.1, -0.05) is 17.7 Å². The summed E-state index contributed by atoms with van der Waals surface area (Å²) in [5, 5.41) is 3.81. The third-order valence-electron chi connectivity index (χ3n) is 4.92. The van der Waals surface area contributed by atoms with Crippen LogP contribution >= 0.6 is 11.6 Å². The van der Waals surface area contributed by atoms with E-state index in [2.05, 4.69) is 10.3 Å². The Hall–Kier alpha value is -2.79. The van der Waals surface area contributed by atoms with Crippen LogP contribution in [-0.4, -0.2) is 22.6 Å². The maximum Gasteiger partial charge on any atom is 0.251 e. The molecule has 1 aliphatic rings. The number of aromatic nitrogens is 2. The minimum atomic E-state index is -0.125. The highest BCUT2D eigenvalue weighted by atomic mass is 35.5. The summed E-state index contributed by atoms with van der Waals surface area (Å²) in [5.74, 6) is 0.495. The third kappa shape index (κ3) is 3.43. The van der Waals surface area contributed by atoms with Crippen LogP contribution in [0.15, 0.2) is 48.9 Å². The van der Waals surface area contributed by atoms with Crippen LogP contribution in [0.3, 0.4) is 0 Å². The lowest BCUT2D eigenvalue weighted by Crippen LogP contribution is -2.27. The molecule has 5 nitrogen and oxygen atoms in total. The Morgan fingerprint density at radius 1 is 1.30 bits per heavy atom. The molecular weight excluding hydrogens is 362 g/mol. The highest BCUT2D eigenvalue weighted by Crippen LogP contribution is 2.33. The molecule has 1 aliphatic carbocycles. The summed E-state index contributed by atoms with van der Waals surface area (Å²) in [4.78, 5) is 17.0. The van der Waals surface area contributed by atoms with E-state index < -0.39 is 0 Å². The molecule has 27 heavy (non-hydrogen) atoms. The number of hydrogen-bond acceptors (Lipinski definition) is 3. The fourth-order valence-electron chi connectivity index (χ4n) is 3.55. The molecule has 3 aromatic rings. The molecule has 0 spiro atoms. The van der Waals surface area contributed by atoms with E-state index in [0.717, 1.165) is 29.8 Å². The fourth-order valence-corrected chi connectivity index (χ4v) is 3.73. The van der Waals surface area contributed by atoms with Crippen molar-refractivity contribution >= 4 is 17.5 Å². The summed E-state index contributed by atoms with van der Waals surface area (Å²) in [6, 6.07) is 11.3. The normalized spacial score (nSPS) is 15.4. The number of fused-ring (bicyclic) bond motifs is 1. The summed E-state index contributed by atoms with van der Waals surface area (Å²) in [6.07, 6.45) is 5.47. The Balaban J connectivity index is 1.57. The van der Waals surface area contributed by atoms with Crippen molar-refractivity contribution in [2.24, 2.45) is 0 Å². The predicted molar refractivity (Wildman–Crippen MR) is 105 cm³/mol. The molecule has 0 fully saturated rings. The lowest BCUT2D eigenvalue weighted by Gasteiger charge is -2.16. The van der Waals surface area contributed by atoms with E-state index in [1.165, 1.54) is 5.56 Å². The van der Waals surface area contributed by atoms with Gasteiger partial charge in [0.2, 0.25) is 0 Å². The number of imidazole rings is 1. The lowest BCUT2D eigenvalue weighted by molar-refractivity contribution is 0.0936. The van der Waals surface area contributed by atoms with Crippen LogP contribution in [-0.2, 0) is 6.42 Å². The molecule has 1 atom stereocenters. The number of benzene rings is 2. The molecule has 1 unspecified atom stereocenters. The van der Waals surface area contributed by atoms with Crippen molar-refractivity contribution in [3.8, 4) is 11.4 Å². The quantitative estimate of drug-likeness (QED) is 0.734. The molecule has 1 amide bonds. The van der Waals surface area contributed by atoms with E-state index in [-0.39, 0.29) is 11.9 Å². The molecule has 138 valence electrons. The van der Waals surface area contributed by atoms with Crippen LogP contribution in [0.1, 0.15) is 39.6 Å². The Morgan fingerprint density at radius 2 is 2.15 bits per heavy atom. The average Bonchev–Trinajstić information content (AvgIpc) is 3.27. The molecule has 2 aromatic carbocycles. The summed E-state index contributed by atoms with van der Waals surface area (Å²) in [5.41, 5.74) is 4.66. The number of carbonyl (C=O) groups excluding carboxylic acids is 1. The maximum absolute atomic E-state index is 12.8. The van der Waals surface area contributed by atoms with Crippen molar-refractivity contribution in [2.75, 3.05) is 7.11 Å². The van der Waals surface area contributed by atoms with Crippen LogP contribution in [0.4, 0.5) is 0 Å². The van der Waals surface area contributed by atoms with E-state index >= 15 is 0 Å². The zero-order chi connectivity index (χ0) is 19.0. The largest absolute Gasteiger partial charge is 0.495 e. The van der Waals surface area contributed by atoms with Gasteiger partial charge in [-0.2, -0.15) is 0 Å². The second kappa shape index (κ2) is 7.08. The average molecular weight is 382 g/mol. The fraction of sp³-hybridized carbons (Fsp3) is 0.238. The van der Waals surface area contributed by atoms with Crippen LogP contribution in [0.2, 0.25) is 5.02 Å². The van der Waals surface area contributed by atoms with Gasteiger partial charge in [0, 0.05) is 16.8 Å². The molecule has 0 bridgehead atoms. The molecule has 4 rings (SSSR count). The van der Waals surface area contributed by atoms with Gasteiger partial charge in [-0.25, -0.2) is 4.98 Å². The number of carbonyl (C=O) groups is 1. The summed E-state index contributed by atoms with van der Waals surface area (Å²) < 4.78 is 7.38. The number of aryl methyl sites for hydroxylation is 2. The molecule has 1 N–H and O–H groups in total. The number of nitrogens with zero attached hydrogens (tertiary/aromatic N) is 2. The first-order valence-electron chi connectivity index (χ1n) is 8.83. The second-order valence-corrected chi connectivity index (χ2v) is 7.15. The number of methoxy groups -OCH3 is 1. The van der Waals surface area contributed by atoms with E-state index in [9.17, 15) is 4.79 Å². The van der Waals surface area contributed by atoms with Crippen molar-refractivity contribution < 1.29 is 9.53 Å². The number of amides is 1. The molecular formula is C21H20ClN3O2. The Morgan fingerprint density at radius 3 is 2.89 bits per heavy atom. The van der Waals surface area contributed by atoms with Gasteiger partial charge >= 0.3 is 0 Å². The lowest BCUT2D eigenvalue weighted by atomic mass is 10.1. The molecule has 0 aliphatic heterocycles. The number of halogens is 1. The van der Waals surface area contributed by atoms with Crippen molar-refractivity contribution in [2.45, 2.75) is 25.8 Å². The van der Waals surface area contributed by atoms with Gasteiger partial charge in [-0.05, 0) is 61.2 Å². The van der Waals surface area contributed by atoms with Gasteiger partial charge in [-0.3, -0.25) is 4.79 Å². The van der Waals surface area contributed by atoms with Crippen LogP contribution in [0, 0.1) is 6.92 Å². The van der Waals surface area contributed by atoms with Gasteiger partial charge in [-0.15, -0.1) is 0 Å². The minimum Gasteiger partial charge on any atom is -0.495 e. The van der Waals surface area contributed by atoms with E-state index in [1.54, 1.807) is 25.6 Å². The predicted octanol–water partition coefficient (Wildman–Crippen LogP) is 4.26. The van der Waals surface area contributed by atoms with Crippen LogP contribution < -0.4 is 10.1 Å². The molecule has 1 heterocycles. The summed E-state index contributed by atoms with van der Waals surface area (Å²) in [7, 11) is 1.60. The highest BCUT2D eigenvalue weighted by Gasteiger charge is 2.25. The van der Waals surface area contributed by atoms with E-state index in [4.69, 9.17) is 16.3 Å². The number of hydrogen-bond donors (Lipinski definition) is 1. The summed E-state index contributed by atoms with van der Waals surface area (Å²) in [6.45, 7) is 1.93. The Labute approximate surface area is 162 Å². The van der Waals surface area contributed by atoms with Crippen molar-refractivity contribution in [1.82, 2.24) is 14.9 Å². The third-order valence-corrected chi connectivity index (χ3v) is 5.16. The first kappa shape index (κ1) is 17.6. The van der Waals surface area contributed by atoms with Crippen molar-refractivity contribution in [3.05, 3.63) is 76.3 Å². The molecule has 0 saturated heterocycles. The van der Waals surface area contributed by atoms with Crippen molar-refractivity contribution in [1.29, 1.82) is 0 Å². The van der Waals surface area contributed by atoms with Gasteiger partial charge in [0.25, 0.3) is 5.91 Å². The van der Waals surface area contributed by atoms with Crippen LogP contribution in [0.25, 0.3) is 5.69 Å². The van der Waals surface area contributed by atoms with Crippen molar-refractivity contribution in [3.63, 3.8) is 0 Å². The van der Waals surface area contributed by atoms with Gasteiger partial charge in [0.1, 0.15) is 5.75 Å². The number of ether oxygens (including phenoxy) is 1. The SMILES string of the molecule is COc1cc(C(=O)NC2CCc3ccc(Cl)cc32)ccc1-n1cnc(C)c1. The van der Waals surface area contributed by atoms with Gasteiger partial charge in [0.15, 0.2) is 0 Å². The Kier molecular flexibility index (Phi) is 4.62. The smallest absolute Gasteiger partial charge is 0.251 e. The van der Waals surface area contributed by atoms with Gasteiger partial charge in [0.05, 0.1) is 30.9 Å². The zero-order valence-electron chi connectivity index (χ0n) is 15.2. The first-order chi connectivity index (χ1) is 13.0. The molecule has 6 heteroatoms. The maximum atomic E-state index is 12.8. The first-order valence-corrected chi connectivity index (χ1v) is 9.21. The van der Waals surface area contributed by atoms with Crippen LogP contribution in [0.5, 0.6) is 5.75 Å². The molecule has 1 aromatic heterocycles.